The van der Waals surface area contributed by atoms with Crippen LogP contribution in [0.5, 0.6) is 0 Å². The number of amides is 1. The fourth-order valence-corrected chi connectivity index (χ4v) is 2.73. The Hall–Kier alpha value is -0.480. The van der Waals surface area contributed by atoms with Crippen LogP contribution in [0.25, 0.3) is 0 Å². The maximum absolute atomic E-state index is 12.1. The summed E-state index contributed by atoms with van der Waals surface area (Å²) >= 11 is 11.8. The van der Waals surface area contributed by atoms with Gasteiger partial charge in [-0.05, 0) is 30.7 Å². The molecule has 3 nitrogen and oxygen atoms in total. The molecular weight excluding hydrogens is 307 g/mol. The predicted octanol–water partition coefficient (Wildman–Crippen LogP) is 2.78. The first kappa shape index (κ1) is 16.6. The lowest BCUT2D eigenvalue weighted by Gasteiger charge is -2.32. The third-order valence-corrected chi connectivity index (χ3v) is 3.44. The van der Waals surface area contributed by atoms with Crippen molar-refractivity contribution in [3.63, 3.8) is 0 Å². The van der Waals surface area contributed by atoms with E-state index >= 15 is 0 Å². The number of carbonyl (C=O) groups excluding carboxylic acids is 1. The maximum atomic E-state index is 12.1. The Morgan fingerprint density at radius 3 is 2.58 bits per heavy atom. The van der Waals surface area contributed by atoms with Crippen LogP contribution in [0.4, 0.5) is 0 Å². The monoisotopic (exact) mass is 322 g/mol. The minimum Gasteiger partial charge on any atom is -0.340 e. The lowest BCUT2D eigenvalue weighted by Crippen LogP contribution is -2.51. The van der Waals surface area contributed by atoms with Crippen molar-refractivity contribution >= 4 is 41.5 Å². The molecule has 1 amide bonds. The van der Waals surface area contributed by atoms with Crippen LogP contribution in [0.2, 0.25) is 10.0 Å². The van der Waals surface area contributed by atoms with Crippen LogP contribution in [-0.4, -0.2) is 36.5 Å². The third kappa shape index (κ3) is 4.84. The van der Waals surface area contributed by atoms with Crippen molar-refractivity contribution in [3.05, 3.63) is 33.8 Å². The molecule has 1 aromatic rings. The van der Waals surface area contributed by atoms with Crippen LogP contribution < -0.4 is 5.32 Å². The molecule has 0 aliphatic carbocycles. The number of hydrogen-bond donors (Lipinski definition) is 1. The highest BCUT2D eigenvalue weighted by Crippen LogP contribution is 2.20. The van der Waals surface area contributed by atoms with Gasteiger partial charge in [0.2, 0.25) is 5.91 Å². The number of halogens is 3. The molecule has 1 aromatic carbocycles. The van der Waals surface area contributed by atoms with Crippen molar-refractivity contribution in [2.75, 3.05) is 19.6 Å². The smallest absolute Gasteiger partial charge is 0.227 e. The Balaban J connectivity index is 0.00000180. The standard InChI is InChI=1S/C13H16Cl2N2O.ClH/c1-9-8-17(3-2-16-9)13(18)6-10-4-11(14)7-12(15)5-10;/h4-5,7,9,16H,2-3,6,8H2,1H3;1H/t9-;/m1./s1. The molecule has 19 heavy (non-hydrogen) atoms. The van der Waals surface area contributed by atoms with E-state index in [1.54, 1.807) is 18.2 Å². The van der Waals surface area contributed by atoms with E-state index in [-0.39, 0.29) is 18.3 Å². The van der Waals surface area contributed by atoms with Crippen molar-refractivity contribution in [1.29, 1.82) is 0 Å². The van der Waals surface area contributed by atoms with Gasteiger partial charge in [0.1, 0.15) is 0 Å². The van der Waals surface area contributed by atoms with Gasteiger partial charge in [-0.25, -0.2) is 0 Å². The highest BCUT2D eigenvalue weighted by Gasteiger charge is 2.20. The summed E-state index contributed by atoms with van der Waals surface area (Å²) in [6, 6.07) is 5.60. The van der Waals surface area contributed by atoms with Crippen LogP contribution >= 0.6 is 35.6 Å². The first-order valence-electron chi connectivity index (χ1n) is 6.01. The van der Waals surface area contributed by atoms with Crippen molar-refractivity contribution in [3.8, 4) is 0 Å². The van der Waals surface area contributed by atoms with Gasteiger partial charge >= 0.3 is 0 Å². The Kier molecular flexibility index (Phi) is 6.40. The molecule has 1 N–H and O–H groups in total. The van der Waals surface area contributed by atoms with E-state index < -0.39 is 0 Å². The fraction of sp³-hybridized carbons (Fsp3) is 0.462. The number of carbonyl (C=O) groups is 1. The highest BCUT2D eigenvalue weighted by molar-refractivity contribution is 6.34. The number of hydrogen-bond acceptors (Lipinski definition) is 2. The quantitative estimate of drug-likeness (QED) is 0.907. The molecule has 1 heterocycles. The molecule has 0 bridgehead atoms. The zero-order chi connectivity index (χ0) is 13.1. The molecule has 1 aliphatic heterocycles. The molecule has 0 saturated carbocycles. The Morgan fingerprint density at radius 2 is 2.00 bits per heavy atom. The van der Waals surface area contributed by atoms with Crippen molar-refractivity contribution in [2.24, 2.45) is 0 Å². The molecule has 0 spiro atoms. The maximum Gasteiger partial charge on any atom is 0.227 e. The number of rotatable bonds is 2. The van der Waals surface area contributed by atoms with Gasteiger partial charge in [-0.1, -0.05) is 23.2 Å². The summed E-state index contributed by atoms with van der Waals surface area (Å²) < 4.78 is 0. The fourth-order valence-electron chi connectivity index (χ4n) is 2.16. The van der Waals surface area contributed by atoms with Crippen LogP contribution in [0, 0.1) is 0 Å². The van der Waals surface area contributed by atoms with Crippen LogP contribution in [0.15, 0.2) is 18.2 Å². The molecule has 1 aliphatic rings. The van der Waals surface area contributed by atoms with Gasteiger partial charge in [0, 0.05) is 35.7 Å². The SMILES string of the molecule is C[C@@H]1CN(C(=O)Cc2cc(Cl)cc(Cl)c2)CCN1.Cl. The van der Waals surface area contributed by atoms with Crippen molar-refractivity contribution in [2.45, 2.75) is 19.4 Å². The minimum absolute atomic E-state index is 0. The number of piperazine rings is 1. The van der Waals surface area contributed by atoms with Gasteiger partial charge in [0.15, 0.2) is 0 Å². The summed E-state index contributed by atoms with van der Waals surface area (Å²) in [7, 11) is 0. The summed E-state index contributed by atoms with van der Waals surface area (Å²) in [5, 5.41) is 4.45. The van der Waals surface area contributed by atoms with Gasteiger partial charge in [0.25, 0.3) is 0 Å². The second-order valence-electron chi connectivity index (χ2n) is 4.65. The molecule has 1 atom stereocenters. The second kappa shape index (κ2) is 7.34. The zero-order valence-corrected chi connectivity index (χ0v) is 13.0. The summed E-state index contributed by atoms with van der Waals surface area (Å²) in [5.74, 6) is 0.127. The van der Waals surface area contributed by atoms with E-state index in [9.17, 15) is 4.79 Å². The van der Waals surface area contributed by atoms with Crippen LogP contribution in [0.1, 0.15) is 12.5 Å². The van der Waals surface area contributed by atoms with Gasteiger partial charge in [0.05, 0.1) is 6.42 Å². The van der Waals surface area contributed by atoms with E-state index in [2.05, 4.69) is 12.2 Å². The normalized spacial score (nSPS) is 18.9. The average Bonchev–Trinajstić information content (AvgIpc) is 2.27. The Bertz CT molecular complexity index is 433. The lowest BCUT2D eigenvalue weighted by molar-refractivity contribution is -0.131. The predicted molar refractivity (Wildman–Crippen MR) is 81.5 cm³/mol. The first-order valence-corrected chi connectivity index (χ1v) is 6.76. The van der Waals surface area contributed by atoms with Crippen LogP contribution in [-0.2, 0) is 11.2 Å². The molecule has 1 fully saturated rings. The molecular formula is C13H17Cl3N2O. The van der Waals surface area contributed by atoms with E-state index in [0.717, 1.165) is 25.2 Å². The van der Waals surface area contributed by atoms with Gasteiger partial charge in [-0.3, -0.25) is 4.79 Å². The number of nitrogens with zero attached hydrogens (tertiary/aromatic N) is 1. The average molecular weight is 324 g/mol. The molecule has 6 heteroatoms. The van der Waals surface area contributed by atoms with Crippen molar-refractivity contribution in [1.82, 2.24) is 10.2 Å². The Morgan fingerprint density at radius 1 is 1.37 bits per heavy atom. The molecule has 1 saturated heterocycles. The van der Waals surface area contributed by atoms with Gasteiger partial charge in [-0.2, -0.15) is 0 Å². The highest BCUT2D eigenvalue weighted by atomic mass is 35.5. The largest absolute Gasteiger partial charge is 0.340 e. The molecule has 0 unspecified atom stereocenters. The number of benzene rings is 1. The lowest BCUT2D eigenvalue weighted by atomic mass is 10.1. The van der Waals surface area contributed by atoms with Gasteiger partial charge in [-0.15, -0.1) is 12.4 Å². The van der Waals surface area contributed by atoms with Crippen LogP contribution in [0.3, 0.4) is 0 Å². The Labute approximate surface area is 129 Å². The molecule has 0 radical (unpaired) electrons. The molecule has 0 aromatic heterocycles. The summed E-state index contributed by atoms with van der Waals surface area (Å²) in [6.07, 6.45) is 0.354. The molecule has 2 rings (SSSR count). The van der Waals surface area contributed by atoms with E-state index in [0.29, 0.717) is 22.5 Å². The number of nitrogens with one attached hydrogen (secondary N) is 1. The zero-order valence-electron chi connectivity index (χ0n) is 10.7. The third-order valence-electron chi connectivity index (χ3n) is 3.00. The first-order chi connectivity index (χ1) is 8.54. The van der Waals surface area contributed by atoms with E-state index in [1.807, 2.05) is 4.90 Å². The van der Waals surface area contributed by atoms with E-state index in [1.165, 1.54) is 0 Å². The van der Waals surface area contributed by atoms with E-state index in [4.69, 9.17) is 23.2 Å². The van der Waals surface area contributed by atoms with Crippen molar-refractivity contribution < 1.29 is 4.79 Å². The molecule has 106 valence electrons. The summed E-state index contributed by atoms with van der Waals surface area (Å²) in [4.78, 5) is 14.0. The minimum atomic E-state index is 0. The van der Waals surface area contributed by atoms with Gasteiger partial charge < -0.3 is 10.2 Å². The topological polar surface area (TPSA) is 32.3 Å². The second-order valence-corrected chi connectivity index (χ2v) is 5.52. The summed E-state index contributed by atoms with van der Waals surface area (Å²) in [5.41, 5.74) is 0.865. The summed E-state index contributed by atoms with van der Waals surface area (Å²) in [6.45, 7) is 4.45.